The lowest BCUT2D eigenvalue weighted by atomic mass is 9.87. The van der Waals surface area contributed by atoms with Gasteiger partial charge in [0.05, 0.1) is 6.61 Å². The molecule has 2 fully saturated rings. The number of phosphoric acid groups is 1. The van der Waals surface area contributed by atoms with E-state index in [0.29, 0.717) is 25.0 Å². The molecule has 5 atom stereocenters. The molecule has 1 aromatic rings. The number of hydrogen-bond acceptors (Lipinski definition) is 7. The van der Waals surface area contributed by atoms with E-state index in [4.69, 9.17) is 14.0 Å². The van der Waals surface area contributed by atoms with Crippen LogP contribution in [0.1, 0.15) is 31.6 Å². The number of nitrogens with zero attached hydrogens (tertiary/aromatic N) is 1. The summed E-state index contributed by atoms with van der Waals surface area (Å²) in [6.07, 6.45) is -0.298. The zero-order valence-corrected chi connectivity index (χ0v) is 15.0. The lowest BCUT2D eigenvalue weighted by Crippen LogP contribution is -2.49. The first kappa shape index (κ1) is 18.5. The number of rotatable bonds is 5. The van der Waals surface area contributed by atoms with E-state index >= 15 is 0 Å². The average Bonchev–Trinajstić information content (AvgIpc) is 2.73. The van der Waals surface area contributed by atoms with Gasteiger partial charge in [-0.1, -0.05) is 6.92 Å². The van der Waals surface area contributed by atoms with E-state index in [9.17, 15) is 19.0 Å². The van der Waals surface area contributed by atoms with Crippen molar-refractivity contribution in [2.75, 3.05) is 13.7 Å². The number of aromatic nitrogens is 2. The maximum Gasteiger partial charge on any atom is 0.472 e. The maximum absolute atomic E-state index is 12.2. The molecule has 0 aromatic carbocycles. The summed E-state index contributed by atoms with van der Waals surface area (Å²) in [5.74, 6) is 0. The fraction of sp³-hybridized carbons (Fsp3) is 0.714. The minimum absolute atomic E-state index is 0.331. The molecule has 11 heteroatoms. The van der Waals surface area contributed by atoms with E-state index < -0.39 is 43.1 Å². The monoisotopic (exact) mass is 376 g/mol. The summed E-state index contributed by atoms with van der Waals surface area (Å²) in [7, 11) is -3.22. The molecule has 2 aliphatic heterocycles. The second-order valence-corrected chi connectivity index (χ2v) is 7.68. The normalized spacial score (nSPS) is 34.0. The molecule has 25 heavy (non-hydrogen) atoms. The molecule has 0 aliphatic carbocycles. The van der Waals surface area contributed by atoms with Crippen LogP contribution in [0.2, 0.25) is 0 Å². The Morgan fingerprint density at radius 2 is 2.24 bits per heavy atom. The van der Waals surface area contributed by atoms with Crippen molar-refractivity contribution in [2.24, 2.45) is 0 Å². The highest BCUT2D eigenvalue weighted by Gasteiger charge is 2.60. The standard InChI is InChI=1S/C14H21N2O8P/c1-4-14-5-6-22-9(10(14)24-25(19,20)21-3)12(23-14)16-7-8(2)11(17)15-13(16)18/h7,9-10,12H,4-6H2,1-3H3,(H,19,20)(H,15,17,18)/t9-,10?,12?,14-/m0/s1. The Morgan fingerprint density at radius 1 is 1.52 bits per heavy atom. The van der Waals surface area contributed by atoms with Crippen molar-refractivity contribution < 1.29 is 28.0 Å². The SMILES string of the molecule is CC[C@@]12CCO[C@H](C(n3cc(C)c(=O)[nH]c3=O)O1)C2OP(=O)(O)OC. The van der Waals surface area contributed by atoms with Crippen molar-refractivity contribution in [3.63, 3.8) is 0 Å². The molecular formula is C14H21N2O8P. The number of phosphoric ester groups is 1. The number of H-pyrrole nitrogens is 1. The molecule has 1 aromatic heterocycles. The van der Waals surface area contributed by atoms with Crippen LogP contribution < -0.4 is 11.2 Å². The number of ether oxygens (including phenoxy) is 2. The molecule has 140 valence electrons. The largest absolute Gasteiger partial charge is 0.472 e. The average molecular weight is 376 g/mol. The fourth-order valence-corrected chi connectivity index (χ4v) is 4.04. The molecular weight excluding hydrogens is 355 g/mol. The minimum atomic E-state index is -4.28. The third kappa shape index (κ3) is 3.14. The van der Waals surface area contributed by atoms with E-state index in [2.05, 4.69) is 9.51 Å². The van der Waals surface area contributed by atoms with Gasteiger partial charge in [0.25, 0.3) is 5.56 Å². The van der Waals surface area contributed by atoms with Gasteiger partial charge in [0.15, 0.2) is 6.23 Å². The molecule has 3 unspecified atom stereocenters. The predicted molar refractivity (Wildman–Crippen MR) is 85.3 cm³/mol. The highest BCUT2D eigenvalue weighted by atomic mass is 31.2. The Labute approximate surface area is 143 Å². The van der Waals surface area contributed by atoms with Crippen LogP contribution in [0, 0.1) is 6.92 Å². The molecule has 0 spiro atoms. The van der Waals surface area contributed by atoms with Gasteiger partial charge in [-0.3, -0.25) is 23.4 Å². The van der Waals surface area contributed by atoms with E-state index in [1.807, 2.05) is 6.92 Å². The topological polar surface area (TPSA) is 129 Å². The van der Waals surface area contributed by atoms with Gasteiger partial charge < -0.3 is 14.4 Å². The Morgan fingerprint density at radius 3 is 2.88 bits per heavy atom. The lowest BCUT2D eigenvalue weighted by Gasteiger charge is -2.37. The Kier molecular flexibility index (Phi) is 4.78. The van der Waals surface area contributed by atoms with Gasteiger partial charge in [0.1, 0.15) is 17.8 Å². The third-order valence-electron chi connectivity index (χ3n) is 4.78. The summed E-state index contributed by atoms with van der Waals surface area (Å²) >= 11 is 0. The minimum Gasteiger partial charge on any atom is -0.371 e. The summed E-state index contributed by atoms with van der Waals surface area (Å²) in [6, 6.07) is 0. The first-order valence-electron chi connectivity index (χ1n) is 7.91. The number of fused-ring (bicyclic) bond motifs is 2. The van der Waals surface area contributed by atoms with Crippen LogP contribution in [0.25, 0.3) is 0 Å². The highest BCUT2D eigenvalue weighted by Crippen LogP contribution is 2.54. The van der Waals surface area contributed by atoms with Gasteiger partial charge in [0.2, 0.25) is 0 Å². The van der Waals surface area contributed by atoms with Crippen LogP contribution >= 0.6 is 7.82 Å². The zero-order valence-electron chi connectivity index (χ0n) is 14.1. The lowest BCUT2D eigenvalue weighted by molar-refractivity contribution is -0.120. The first-order chi connectivity index (χ1) is 11.7. The zero-order chi connectivity index (χ0) is 18.4. The second kappa shape index (κ2) is 6.46. The molecule has 2 saturated heterocycles. The highest BCUT2D eigenvalue weighted by molar-refractivity contribution is 7.47. The van der Waals surface area contributed by atoms with E-state index in [1.54, 1.807) is 6.92 Å². The van der Waals surface area contributed by atoms with Crippen molar-refractivity contribution in [3.05, 3.63) is 32.6 Å². The summed E-state index contributed by atoms with van der Waals surface area (Å²) in [5.41, 5.74) is -1.70. The van der Waals surface area contributed by atoms with Crippen LogP contribution in [0.3, 0.4) is 0 Å². The molecule has 0 saturated carbocycles. The predicted octanol–water partition coefficient (Wildman–Crippen LogP) is 0.444. The molecule has 0 radical (unpaired) electrons. The fourth-order valence-electron chi connectivity index (χ4n) is 3.36. The van der Waals surface area contributed by atoms with Crippen molar-refractivity contribution in [1.29, 1.82) is 0 Å². The molecule has 2 bridgehead atoms. The smallest absolute Gasteiger partial charge is 0.371 e. The van der Waals surface area contributed by atoms with Crippen molar-refractivity contribution in [1.82, 2.24) is 9.55 Å². The summed E-state index contributed by atoms with van der Waals surface area (Å²) in [4.78, 5) is 35.7. The quantitative estimate of drug-likeness (QED) is 0.709. The molecule has 10 nitrogen and oxygen atoms in total. The van der Waals surface area contributed by atoms with Crippen molar-refractivity contribution >= 4 is 7.82 Å². The Hall–Kier alpha value is -1.29. The van der Waals surface area contributed by atoms with Crippen LogP contribution in [0.15, 0.2) is 15.8 Å². The third-order valence-corrected chi connectivity index (χ3v) is 5.74. The summed E-state index contributed by atoms with van der Waals surface area (Å²) < 4.78 is 34.8. The Balaban J connectivity index is 2.04. The van der Waals surface area contributed by atoms with Crippen LogP contribution in [0.5, 0.6) is 0 Å². The van der Waals surface area contributed by atoms with E-state index in [-0.39, 0.29) is 0 Å². The van der Waals surface area contributed by atoms with Gasteiger partial charge in [0, 0.05) is 25.3 Å². The summed E-state index contributed by atoms with van der Waals surface area (Å²) in [5, 5.41) is 0. The number of aromatic amines is 1. The molecule has 2 aliphatic rings. The molecule has 3 rings (SSSR count). The number of nitrogens with one attached hydrogen (secondary N) is 1. The van der Waals surface area contributed by atoms with Gasteiger partial charge in [-0.05, 0) is 13.3 Å². The molecule has 2 N–H and O–H groups in total. The van der Waals surface area contributed by atoms with E-state index in [0.717, 1.165) is 7.11 Å². The van der Waals surface area contributed by atoms with Gasteiger partial charge in [-0.15, -0.1) is 0 Å². The molecule has 3 heterocycles. The number of aryl methyl sites for hydroxylation is 1. The van der Waals surface area contributed by atoms with Gasteiger partial charge in [-0.2, -0.15) is 0 Å². The Bertz CT molecular complexity index is 820. The maximum atomic E-state index is 12.2. The number of hydrogen-bond donors (Lipinski definition) is 2. The van der Waals surface area contributed by atoms with Gasteiger partial charge in [-0.25, -0.2) is 9.36 Å². The van der Waals surface area contributed by atoms with Crippen molar-refractivity contribution in [3.8, 4) is 0 Å². The van der Waals surface area contributed by atoms with Crippen LogP contribution in [-0.2, 0) is 23.1 Å². The summed E-state index contributed by atoms with van der Waals surface area (Å²) in [6.45, 7) is 3.78. The first-order valence-corrected chi connectivity index (χ1v) is 9.41. The van der Waals surface area contributed by atoms with E-state index in [1.165, 1.54) is 10.8 Å². The van der Waals surface area contributed by atoms with Crippen molar-refractivity contribution in [2.45, 2.75) is 50.7 Å². The van der Waals surface area contributed by atoms with Crippen LogP contribution in [0.4, 0.5) is 0 Å². The van der Waals surface area contributed by atoms with Crippen LogP contribution in [-0.4, -0.2) is 46.0 Å². The second-order valence-electron chi connectivity index (χ2n) is 6.17. The van der Waals surface area contributed by atoms with Gasteiger partial charge >= 0.3 is 13.5 Å². The molecule has 0 amide bonds.